The van der Waals surface area contributed by atoms with E-state index < -0.39 is 0 Å². The SMILES string of the molecule is CCCCN(C)CCc1ccc(Nc2ncc3c(n2)-c2ccccc2C(c2ccc(C)cc2)C3)cc1. The van der Waals surface area contributed by atoms with E-state index in [0.29, 0.717) is 11.9 Å². The standard InChI is InChI=1S/C32H36N4/c1-4-5-19-36(3)20-18-24-12-16-27(17-13-24)34-32-33-22-26-21-30(25-14-10-23(2)11-15-25)28-8-6-7-9-29(28)31(26)35-32/h6-17,22,30H,4-5,18-21H2,1-3H3,(H,33,34,35). The first-order chi connectivity index (χ1) is 17.6. The van der Waals surface area contributed by atoms with Crippen molar-refractivity contribution in [3.05, 3.63) is 107 Å². The molecule has 4 aromatic rings. The number of hydrogen-bond acceptors (Lipinski definition) is 4. The van der Waals surface area contributed by atoms with Crippen molar-refractivity contribution in [3.8, 4) is 11.3 Å². The fourth-order valence-electron chi connectivity index (χ4n) is 5.04. The molecular formula is C32H36N4. The van der Waals surface area contributed by atoms with Crippen molar-refractivity contribution in [2.75, 3.05) is 25.5 Å². The lowest BCUT2D eigenvalue weighted by Gasteiger charge is -2.27. The highest BCUT2D eigenvalue weighted by Gasteiger charge is 2.27. The first-order valence-electron chi connectivity index (χ1n) is 13.2. The van der Waals surface area contributed by atoms with E-state index in [1.54, 1.807) is 0 Å². The summed E-state index contributed by atoms with van der Waals surface area (Å²) in [6, 6.07) is 26.3. The average Bonchev–Trinajstić information content (AvgIpc) is 2.91. The summed E-state index contributed by atoms with van der Waals surface area (Å²) in [5, 5.41) is 3.42. The van der Waals surface area contributed by atoms with E-state index in [2.05, 4.69) is 109 Å². The van der Waals surface area contributed by atoms with E-state index in [-0.39, 0.29) is 0 Å². The van der Waals surface area contributed by atoms with E-state index in [4.69, 9.17) is 4.98 Å². The van der Waals surface area contributed by atoms with Gasteiger partial charge in [0.2, 0.25) is 5.95 Å². The van der Waals surface area contributed by atoms with Crippen LogP contribution in [-0.2, 0) is 12.8 Å². The van der Waals surface area contributed by atoms with Crippen molar-refractivity contribution in [2.45, 2.75) is 45.4 Å². The summed E-state index contributed by atoms with van der Waals surface area (Å²) in [5.74, 6) is 0.967. The van der Waals surface area contributed by atoms with Gasteiger partial charge >= 0.3 is 0 Å². The summed E-state index contributed by atoms with van der Waals surface area (Å²) in [5.41, 5.74) is 9.79. The first-order valence-corrected chi connectivity index (χ1v) is 13.2. The number of nitrogens with one attached hydrogen (secondary N) is 1. The van der Waals surface area contributed by atoms with Gasteiger partial charge in [-0.25, -0.2) is 9.97 Å². The van der Waals surface area contributed by atoms with Gasteiger partial charge < -0.3 is 10.2 Å². The maximum Gasteiger partial charge on any atom is 0.227 e. The summed E-state index contributed by atoms with van der Waals surface area (Å²) in [4.78, 5) is 12.1. The Labute approximate surface area is 215 Å². The van der Waals surface area contributed by atoms with Gasteiger partial charge in [-0.3, -0.25) is 0 Å². The third-order valence-electron chi connectivity index (χ3n) is 7.25. The molecule has 0 saturated carbocycles. The highest BCUT2D eigenvalue weighted by Crippen LogP contribution is 2.42. The number of rotatable bonds is 9. The lowest BCUT2D eigenvalue weighted by Crippen LogP contribution is -2.22. The van der Waals surface area contributed by atoms with E-state index >= 15 is 0 Å². The zero-order valence-corrected chi connectivity index (χ0v) is 21.7. The Balaban J connectivity index is 1.31. The van der Waals surface area contributed by atoms with E-state index in [1.807, 2.05) is 6.20 Å². The average molecular weight is 477 g/mol. The van der Waals surface area contributed by atoms with Crippen LogP contribution < -0.4 is 5.32 Å². The molecule has 184 valence electrons. The molecule has 0 fully saturated rings. The predicted octanol–water partition coefficient (Wildman–Crippen LogP) is 7.16. The molecule has 1 aromatic heterocycles. The maximum absolute atomic E-state index is 4.97. The Kier molecular flexibility index (Phi) is 7.43. The van der Waals surface area contributed by atoms with Gasteiger partial charge in [0.25, 0.3) is 0 Å². The molecular weight excluding hydrogens is 440 g/mol. The minimum absolute atomic E-state index is 0.324. The van der Waals surface area contributed by atoms with Gasteiger partial charge in [-0.1, -0.05) is 79.6 Å². The second-order valence-electron chi connectivity index (χ2n) is 10.1. The second kappa shape index (κ2) is 11.0. The number of hydrogen-bond donors (Lipinski definition) is 1. The van der Waals surface area contributed by atoms with Crippen LogP contribution in [0.2, 0.25) is 0 Å². The largest absolute Gasteiger partial charge is 0.324 e. The van der Waals surface area contributed by atoms with Crippen LogP contribution in [0.15, 0.2) is 79.0 Å². The normalized spacial score (nSPS) is 14.4. The van der Waals surface area contributed by atoms with Gasteiger partial charge in [0.1, 0.15) is 0 Å². The number of anilines is 2. The van der Waals surface area contributed by atoms with Crippen LogP contribution in [0.5, 0.6) is 0 Å². The Hall–Kier alpha value is -3.50. The van der Waals surface area contributed by atoms with Crippen molar-refractivity contribution >= 4 is 11.6 Å². The molecule has 1 heterocycles. The van der Waals surface area contributed by atoms with Crippen molar-refractivity contribution in [2.24, 2.45) is 0 Å². The molecule has 0 amide bonds. The monoisotopic (exact) mass is 476 g/mol. The van der Waals surface area contributed by atoms with Gasteiger partial charge in [0, 0.05) is 29.9 Å². The van der Waals surface area contributed by atoms with Crippen LogP contribution in [0.25, 0.3) is 11.3 Å². The zero-order valence-electron chi connectivity index (χ0n) is 21.7. The van der Waals surface area contributed by atoms with E-state index in [0.717, 1.165) is 30.8 Å². The highest BCUT2D eigenvalue weighted by molar-refractivity contribution is 5.73. The van der Waals surface area contributed by atoms with Crippen molar-refractivity contribution in [3.63, 3.8) is 0 Å². The zero-order chi connectivity index (χ0) is 24.9. The van der Waals surface area contributed by atoms with Crippen molar-refractivity contribution in [1.82, 2.24) is 14.9 Å². The fraction of sp³-hybridized carbons (Fsp3) is 0.312. The summed E-state index contributed by atoms with van der Waals surface area (Å²) < 4.78 is 0. The number of likely N-dealkylation sites (N-methyl/N-ethyl adjacent to an activating group) is 1. The van der Waals surface area contributed by atoms with Crippen LogP contribution in [0.3, 0.4) is 0 Å². The van der Waals surface area contributed by atoms with Gasteiger partial charge in [-0.15, -0.1) is 0 Å². The molecule has 0 spiro atoms. The van der Waals surface area contributed by atoms with E-state index in [9.17, 15) is 0 Å². The Morgan fingerprint density at radius 3 is 2.50 bits per heavy atom. The lowest BCUT2D eigenvalue weighted by molar-refractivity contribution is 0.332. The van der Waals surface area contributed by atoms with Gasteiger partial charge in [0.15, 0.2) is 0 Å². The molecule has 36 heavy (non-hydrogen) atoms. The molecule has 0 aliphatic heterocycles. The molecule has 3 aromatic carbocycles. The number of fused-ring (bicyclic) bond motifs is 3. The van der Waals surface area contributed by atoms with Crippen LogP contribution in [0.4, 0.5) is 11.6 Å². The van der Waals surface area contributed by atoms with Gasteiger partial charge in [0.05, 0.1) is 5.69 Å². The van der Waals surface area contributed by atoms with Crippen LogP contribution in [0.1, 0.15) is 53.5 Å². The minimum atomic E-state index is 0.324. The molecule has 4 heteroatoms. The second-order valence-corrected chi connectivity index (χ2v) is 10.1. The molecule has 0 saturated heterocycles. The molecule has 0 bridgehead atoms. The number of aryl methyl sites for hydroxylation is 1. The molecule has 4 nitrogen and oxygen atoms in total. The smallest absolute Gasteiger partial charge is 0.227 e. The van der Waals surface area contributed by atoms with Crippen molar-refractivity contribution in [1.29, 1.82) is 0 Å². The highest BCUT2D eigenvalue weighted by atomic mass is 15.1. The molecule has 1 N–H and O–H groups in total. The Morgan fingerprint density at radius 1 is 0.944 bits per heavy atom. The maximum atomic E-state index is 4.97. The van der Waals surface area contributed by atoms with E-state index in [1.165, 1.54) is 52.8 Å². The molecule has 1 atom stereocenters. The van der Waals surface area contributed by atoms with Gasteiger partial charge in [-0.2, -0.15) is 0 Å². The number of unbranched alkanes of at least 4 members (excludes halogenated alkanes) is 1. The number of benzene rings is 3. The molecule has 1 unspecified atom stereocenters. The molecule has 1 aliphatic rings. The number of aromatic nitrogens is 2. The Morgan fingerprint density at radius 2 is 1.72 bits per heavy atom. The summed E-state index contributed by atoms with van der Waals surface area (Å²) in [7, 11) is 2.21. The Bertz CT molecular complexity index is 1290. The summed E-state index contributed by atoms with van der Waals surface area (Å²) in [6.45, 7) is 6.63. The van der Waals surface area contributed by atoms with Gasteiger partial charge in [-0.05, 0) is 74.2 Å². The molecule has 5 rings (SSSR count). The minimum Gasteiger partial charge on any atom is -0.324 e. The summed E-state index contributed by atoms with van der Waals surface area (Å²) >= 11 is 0. The first kappa shape index (κ1) is 24.2. The van der Waals surface area contributed by atoms with Crippen molar-refractivity contribution < 1.29 is 0 Å². The van der Waals surface area contributed by atoms with Crippen LogP contribution in [0, 0.1) is 6.92 Å². The summed E-state index contributed by atoms with van der Waals surface area (Å²) in [6.07, 6.45) is 6.49. The molecule has 1 aliphatic carbocycles. The number of nitrogens with zero attached hydrogens (tertiary/aromatic N) is 3. The molecule has 0 radical (unpaired) electrons. The quantitative estimate of drug-likeness (QED) is 0.278. The third kappa shape index (κ3) is 5.50. The third-order valence-corrected chi connectivity index (χ3v) is 7.25. The van der Waals surface area contributed by atoms with Crippen LogP contribution >= 0.6 is 0 Å². The lowest BCUT2D eigenvalue weighted by atomic mass is 9.78. The predicted molar refractivity (Wildman–Crippen MR) is 150 cm³/mol. The topological polar surface area (TPSA) is 41.0 Å². The van der Waals surface area contributed by atoms with Crippen LogP contribution in [-0.4, -0.2) is 35.0 Å². The fourth-order valence-corrected chi connectivity index (χ4v) is 5.04.